The predicted molar refractivity (Wildman–Crippen MR) is 250 cm³/mol. The standard InChI is InChI=1S/3C17H27.H3O2PS2.3Zn/c3*1-2-3-4-5-6-7-8-9-11-14-17-15-12-10-13-16-17;1-3(2,4)5;;;/h3*10,12-13,15H,2-9,11,14H2,1H3;(H3,1,2,4,5);;;/q3*-1;;3*+2/p-3. The number of hydrogen-bond donors (Lipinski definition) is 0. The second-order valence-electron chi connectivity index (χ2n) is 15.3. The minimum Gasteiger partial charge on any atom is -0.850 e. The van der Waals surface area contributed by atoms with E-state index in [0.717, 1.165) is 0 Å². The van der Waals surface area contributed by atoms with E-state index in [-0.39, 0.29) is 58.4 Å². The molecule has 0 aliphatic heterocycles. The molecule has 0 saturated carbocycles. The zero-order valence-electron chi connectivity index (χ0n) is 38.3. The molecule has 0 N–H and O–H groups in total. The van der Waals surface area contributed by atoms with Crippen LogP contribution in [0.5, 0.6) is 0 Å². The zero-order chi connectivity index (χ0) is 41.1. The van der Waals surface area contributed by atoms with E-state index in [1.165, 1.54) is 209 Å². The van der Waals surface area contributed by atoms with Crippen molar-refractivity contribution in [3.8, 4) is 0 Å². The van der Waals surface area contributed by atoms with Crippen molar-refractivity contribution in [2.75, 3.05) is 0 Å². The van der Waals surface area contributed by atoms with Crippen LogP contribution in [0.1, 0.15) is 211 Å². The molecular weight excluding hydrogens is 936 g/mol. The van der Waals surface area contributed by atoms with Crippen molar-refractivity contribution in [3.05, 3.63) is 108 Å². The smallest absolute Gasteiger partial charge is 0.850 e. The molecule has 3 aromatic rings. The van der Waals surface area contributed by atoms with Crippen LogP contribution < -0.4 is 9.79 Å². The van der Waals surface area contributed by atoms with Crippen LogP contribution in [0.3, 0.4) is 0 Å². The SMILES string of the molecule is CCCCCCCCCCCc1[c-]cccc1.CCCCCCCCCCCc1[c-]cccc1.CCCCCCCCCCCc1[c-]cccc1.[O-]P([O-])(=S)[S-].[Zn+2].[Zn+2].[Zn+2]. The first-order chi connectivity index (χ1) is 27.3. The summed E-state index contributed by atoms with van der Waals surface area (Å²) in [5.74, 6) is 0. The van der Waals surface area contributed by atoms with E-state index in [9.17, 15) is 9.79 Å². The Kier molecular flexibility index (Phi) is 59.1. The van der Waals surface area contributed by atoms with Crippen molar-refractivity contribution in [2.24, 2.45) is 0 Å². The minimum atomic E-state index is -3.72. The van der Waals surface area contributed by atoms with E-state index >= 15 is 0 Å². The molecule has 320 valence electrons. The van der Waals surface area contributed by atoms with E-state index < -0.39 is 5.69 Å². The third-order valence-electron chi connectivity index (χ3n) is 9.97. The van der Waals surface area contributed by atoms with Crippen molar-refractivity contribution in [1.82, 2.24) is 0 Å². The summed E-state index contributed by atoms with van der Waals surface area (Å²) in [6.45, 7) is 6.84. The Bertz CT molecular complexity index is 1070. The van der Waals surface area contributed by atoms with Crippen molar-refractivity contribution in [2.45, 2.75) is 213 Å². The monoisotopic (exact) mass is 1010 g/mol. The number of hydrogen-bond acceptors (Lipinski definition) is 4. The summed E-state index contributed by atoms with van der Waals surface area (Å²) in [5.41, 5.74) is 0.390. The van der Waals surface area contributed by atoms with Gasteiger partial charge in [-0.2, -0.15) is 119 Å². The first kappa shape index (κ1) is 66.1. The third-order valence-corrected chi connectivity index (χ3v) is 9.97. The van der Waals surface area contributed by atoms with Gasteiger partial charge in [0.2, 0.25) is 0 Å². The quantitative estimate of drug-likeness (QED) is 0.0219. The predicted octanol–water partition coefficient (Wildman–Crippen LogP) is 15.2. The van der Waals surface area contributed by atoms with Crippen LogP contribution in [-0.4, -0.2) is 0 Å². The summed E-state index contributed by atoms with van der Waals surface area (Å²) in [6, 6.07) is 34.9. The molecule has 0 bridgehead atoms. The number of rotatable bonds is 30. The second-order valence-corrected chi connectivity index (χ2v) is 19.8. The van der Waals surface area contributed by atoms with Gasteiger partial charge in [-0.05, 0) is 0 Å². The van der Waals surface area contributed by atoms with Crippen molar-refractivity contribution < 1.29 is 68.2 Å². The van der Waals surface area contributed by atoms with Crippen LogP contribution in [0, 0.1) is 18.2 Å². The van der Waals surface area contributed by atoms with Crippen LogP contribution in [-0.2, 0) is 102 Å². The average Bonchev–Trinajstić information content (AvgIpc) is 3.20. The Morgan fingerprint density at radius 3 is 0.746 bits per heavy atom. The van der Waals surface area contributed by atoms with E-state index in [1.807, 2.05) is 36.4 Å². The van der Waals surface area contributed by atoms with E-state index in [2.05, 4.69) is 99.4 Å². The minimum absolute atomic E-state index is 0. The molecule has 8 heteroatoms. The van der Waals surface area contributed by atoms with Gasteiger partial charge >= 0.3 is 58.4 Å². The molecule has 0 radical (unpaired) electrons. The molecule has 0 saturated heterocycles. The molecule has 2 nitrogen and oxygen atoms in total. The first-order valence-corrected chi connectivity index (χ1v) is 26.5. The molecule has 0 unspecified atom stereocenters. The summed E-state index contributed by atoms with van der Waals surface area (Å²) in [6.07, 6.45) is 41.6. The maximum atomic E-state index is 9.29. The maximum Gasteiger partial charge on any atom is 2.00 e. The molecule has 3 rings (SSSR count). The van der Waals surface area contributed by atoms with Gasteiger partial charge in [0.25, 0.3) is 0 Å². The summed E-state index contributed by atoms with van der Waals surface area (Å²) >= 11 is 7.28. The van der Waals surface area contributed by atoms with Crippen molar-refractivity contribution >= 4 is 29.7 Å². The van der Waals surface area contributed by atoms with Gasteiger partial charge in [0.15, 0.2) is 0 Å². The Morgan fingerprint density at radius 1 is 0.390 bits per heavy atom. The van der Waals surface area contributed by atoms with Gasteiger partial charge in [-0.15, -0.1) is 0 Å². The summed E-state index contributed by atoms with van der Waals surface area (Å²) in [5, 5.41) is 0. The molecular formula is C51H81O2PS2Zn3. The molecule has 59 heavy (non-hydrogen) atoms. The van der Waals surface area contributed by atoms with E-state index in [1.54, 1.807) is 0 Å². The Labute approximate surface area is 415 Å². The van der Waals surface area contributed by atoms with Crippen LogP contribution in [0.25, 0.3) is 0 Å². The van der Waals surface area contributed by atoms with Crippen LogP contribution in [0.2, 0.25) is 0 Å². The fourth-order valence-corrected chi connectivity index (χ4v) is 6.64. The number of benzene rings is 3. The summed E-state index contributed by atoms with van der Waals surface area (Å²) < 4.78 is 0. The summed E-state index contributed by atoms with van der Waals surface area (Å²) in [4.78, 5) is 18.6. The van der Waals surface area contributed by atoms with Gasteiger partial charge < -0.3 is 27.7 Å². The molecule has 3 aromatic carbocycles. The van der Waals surface area contributed by atoms with E-state index in [4.69, 9.17) is 0 Å². The Morgan fingerprint density at radius 2 is 0.576 bits per heavy atom. The largest absolute Gasteiger partial charge is 2.00 e. The third kappa shape index (κ3) is 56.4. The maximum absolute atomic E-state index is 9.29. The van der Waals surface area contributed by atoms with E-state index in [0.29, 0.717) is 0 Å². The zero-order valence-corrected chi connectivity index (χ0v) is 49.8. The topological polar surface area (TPSA) is 46.1 Å². The van der Waals surface area contributed by atoms with Gasteiger partial charge in [0.1, 0.15) is 0 Å². The fraction of sp³-hybridized carbons (Fsp3) is 0.647. The fourth-order valence-electron chi connectivity index (χ4n) is 6.64. The van der Waals surface area contributed by atoms with Gasteiger partial charge in [-0.25, -0.2) is 0 Å². The van der Waals surface area contributed by atoms with Crippen molar-refractivity contribution in [1.29, 1.82) is 0 Å². The first-order valence-electron chi connectivity index (χ1n) is 22.9. The van der Waals surface area contributed by atoms with Crippen LogP contribution >= 0.6 is 5.69 Å². The second kappa shape index (κ2) is 52.8. The molecule has 0 spiro atoms. The van der Waals surface area contributed by atoms with Gasteiger partial charge in [-0.1, -0.05) is 213 Å². The van der Waals surface area contributed by atoms with Gasteiger partial charge in [-0.3, -0.25) is 0 Å². The normalized spacial score (nSPS) is 10.2. The molecule has 0 aliphatic carbocycles. The van der Waals surface area contributed by atoms with Gasteiger partial charge in [0.05, 0.1) is 0 Å². The molecule has 0 aromatic heterocycles. The Balaban J connectivity index is -0.000000354. The molecule has 0 atom stereocenters. The average molecular weight is 1020 g/mol. The molecule has 0 amide bonds. The van der Waals surface area contributed by atoms with Crippen molar-refractivity contribution in [3.63, 3.8) is 0 Å². The Hall–Kier alpha value is 0.450. The molecule has 0 heterocycles. The number of unbranched alkanes of at least 4 members (excludes halogenated alkanes) is 24. The molecule has 0 aliphatic rings. The van der Waals surface area contributed by atoms with Crippen LogP contribution in [0.15, 0.2) is 72.8 Å². The van der Waals surface area contributed by atoms with Gasteiger partial charge in [0, 0.05) is 0 Å². The number of aryl methyl sites for hydroxylation is 3. The van der Waals surface area contributed by atoms with Crippen LogP contribution in [0.4, 0.5) is 0 Å². The summed E-state index contributed by atoms with van der Waals surface area (Å²) in [7, 11) is 0. The molecule has 0 fully saturated rings.